The van der Waals surface area contributed by atoms with Crippen LogP contribution in [-0.2, 0) is 50.5 Å². The maximum absolute atomic E-state index is 5.15. The molecule has 0 aliphatic rings. The predicted octanol–water partition coefficient (Wildman–Crippen LogP) is 4.55. The van der Waals surface area contributed by atoms with E-state index in [0.29, 0.717) is 19.6 Å². The van der Waals surface area contributed by atoms with Crippen LogP contribution in [0, 0.1) is 0 Å². The van der Waals surface area contributed by atoms with E-state index in [0.717, 1.165) is 11.1 Å². The van der Waals surface area contributed by atoms with Crippen molar-refractivity contribution >= 4 is 92.8 Å². The third-order valence-corrected chi connectivity index (χ3v) is 3.87. The van der Waals surface area contributed by atoms with Crippen LogP contribution >= 0.6 is 0 Å². The second-order valence-electron chi connectivity index (χ2n) is 4.32. The fraction of sp³-hybridized carbons (Fsp3) is 0.250. The Hall–Kier alpha value is 0.917. The van der Waals surface area contributed by atoms with Crippen molar-refractivity contribution in [3.63, 3.8) is 0 Å². The molecule has 114 valence electrons. The van der Waals surface area contributed by atoms with Crippen LogP contribution < -0.4 is 0 Å². The molecule has 0 atom stereocenters. The Labute approximate surface area is 177 Å². The summed E-state index contributed by atoms with van der Waals surface area (Å²) in [5, 5.41) is 0. The monoisotopic (exact) mass is 578 g/mol. The van der Waals surface area contributed by atoms with Crippen LogP contribution in [0.15, 0.2) is 56.0 Å². The van der Waals surface area contributed by atoms with Gasteiger partial charge in [-0.3, -0.25) is 0 Å². The van der Waals surface area contributed by atoms with Gasteiger partial charge in [-0.25, -0.2) is 0 Å². The molecule has 0 radical (unpaired) electrons. The summed E-state index contributed by atoms with van der Waals surface area (Å²) >= 11 is 20.9. The van der Waals surface area contributed by atoms with Crippen molar-refractivity contribution in [2.75, 3.05) is 0 Å². The van der Waals surface area contributed by atoms with Crippen LogP contribution in [0.2, 0.25) is 19.8 Å². The predicted molar refractivity (Wildman–Crippen MR) is 109 cm³/mol. The first-order valence-electron chi connectivity index (χ1n) is 6.54. The first-order chi connectivity index (χ1) is 10.4. The summed E-state index contributed by atoms with van der Waals surface area (Å²) in [6.45, 7) is 0. The van der Waals surface area contributed by atoms with E-state index in [1.807, 2.05) is 36.4 Å². The van der Waals surface area contributed by atoms with Gasteiger partial charge in [0.25, 0.3) is 0 Å². The Morgan fingerprint density at radius 3 is 1.05 bits per heavy atom. The van der Waals surface area contributed by atoms with Gasteiger partial charge in [0.2, 0.25) is 0 Å². The average molecular weight is 576 g/mol. The van der Waals surface area contributed by atoms with Crippen molar-refractivity contribution in [2.45, 2.75) is 39.3 Å². The summed E-state index contributed by atoms with van der Waals surface area (Å²) < 4.78 is 0. The minimum atomic E-state index is 0.230. The molecular formula is C16H18S4Sn2. The number of rotatable bonds is 1. The van der Waals surface area contributed by atoms with Crippen molar-refractivity contribution in [1.82, 2.24) is 0 Å². The first kappa shape index (κ1) is 22.9. The second-order valence-corrected chi connectivity index (χ2v) is 11.8. The summed E-state index contributed by atoms with van der Waals surface area (Å²) in [5.41, 5.74) is 2.06. The number of benzene rings is 2. The topological polar surface area (TPSA) is 0 Å². The van der Waals surface area contributed by atoms with Crippen LogP contribution in [0.3, 0.4) is 0 Å². The van der Waals surface area contributed by atoms with Crippen molar-refractivity contribution in [3.8, 4) is 11.1 Å². The normalized spacial score (nSPS) is 8.36. The van der Waals surface area contributed by atoms with Crippen molar-refractivity contribution < 1.29 is 0 Å². The molecule has 0 amide bonds. The van der Waals surface area contributed by atoms with E-state index in [9.17, 15) is 0 Å². The van der Waals surface area contributed by atoms with Gasteiger partial charge < -0.3 is 50.5 Å². The van der Waals surface area contributed by atoms with E-state index in [1.54, 1.807) is 0 Å². The first-order valence-corrected chi connectivity index (χ1v) is 19.6. The Balaban J connectivity index is 0.000000639. The molecule has 0 fully saturated rings. The van der Waals surface area contributed by atoms with Crippen LogP contribution in [0.4, 0.5) is 0 Å². The molecule has 0 aliphatic carbocycles. The van der Waals surface area contributed by atoms with Gasteiger partial charge in [0.05, 0.1) is 0 Å². The average Bonchev–Trinajstić information content (AvgIpc) is 2.47. The van der Waals surface area contributed by atoms with E-state index < -0.39 is 0 Å². The van der Waals surface area contributed by atoms with Gasteiger partial charge in [-0.1, -0.05) is 36.4 Å². The fourth-order valence-corrected chi connectivity index (χ4v) is 2.02. The van der Waals surface area contributed by atoms with E-state index in [4.69, 9.17) is 50.5 Å². The van der Waals surface area contributed by atoms with Gasteiger partial charge >= 0.3 is 62.0 Å². The smallest absolute Gasteiger partial charge is 0.0200 e. The fourth-order valence-electron chi connectivity index (χ4n) is 1.38. The molecule has 0 nitrogen and oxygen atoms in total. The maximum Gasteiger partial charge on any atom is -0.0200 e. The van der Waals surface area contributed by atoms with E-state index >= 15 is 0 Å². The number of hydrogen-bond donors (Lipinski definition) is 0. The molecule has 2 rings (SSSR count). The van der Waals surface area contributed by atoms with Gasteiger partial charge in [-0.2, -0.15) is 19.6 Å². The maximum atomic E-state index is 5.15. The third kappa shape index (κ3) is 8.68. The summed E-state index contributed by atoms with van der Waals surface area (Å²) in [7, 11) is 0. The summed E-state index contributed by atoms with van der Waals surface area (Å²) in [5.74, 6) is 0. The molecule has 6 heteroatoms. The SMILES string of the molecule is [CH3][Sn+2][CH3].[CH3][Sn+2][CH3].[S-]c1ccc(-c2ccc([S-])c([S-])c2)cc1[S-]. The Bertz CT molecular complexity index is 523. The summed E-state index contributed by atoms with van der Waals surface area (Å²) in [6, 6.07) is 11.4. The largest absolute Gasteiger partial charge is 0.781 e. The summed E-state index contributed by atoms with van der Waals surface area (Å²) in [6.07, 6.45) is 0. The minimum Gasteiger partial charge on any atom is -0.781 e. The minimum absolute atomic E-state index is 0.230. The number of hydrogen-bond acceptors (Lipinski definition) is 4. The van der Waals surface area contributed by atoms with Gasteiger partial charge in [0, 0.05) is 0 Å². The zero-order valence-corrected chi connectivity index (χ0v) is 22.1. The van der Waals surface area contributed by atoms with Crippen molar-refractivity contribution in [3.05, 3.63) is 36.4 Å². The van der Waals surface area contributed by atoms with Gasteiger partial charge in [-0.15, -0.1) is 0 Å². The van der Waals surface area contributed by atoms with Crippen LogP contribution in [0.5, 0.6) is 0 Å². The third-order valence-electron chi connectivity index (χ3n) is 2.22. The second kappa shape index (κ2) is 13.2. The molecule has 0 aliphatic heterocycles. The Kier molecular flexibility index (Phi) is 13.8. The molecule has 0 unspecified atom stereocenters. The zero-order valence-electron chi connectivity index (χ0n) is 13.1. The molecule has 2 aromatic rings. The molecule has 0 N–H and O–H groups in total. The molecule has 0 heterocycles. The van der Waals surface area contributed by atoms with Crippen molar-refractivity contribution in [1.29, 1.82) is 0 Å². The molecule has 0 saturated heterocycles. The molecule has 0 saturated carbocycles. The Morgan fingerprint density at radius 1 is 0.545 bits per heavy atom. The molecule has 0 aromatic heterocycles. The van der Waals surface area contributed by atoms with E-state index in [2.05, 4.69) is 19.8 Å². The van der Waals surface area contributed by atoms with Crippen LogP contribution in [-0.4, -0.2) is 42.3 Å². The standard InChI is InChI=1S/C12H10S4.4CH3.2Sn/c13-9-3-1-7(5-11(9)15)8-2-4-10(14)12(16)6-8;;;;;;/h1-6,13-16H;4*1H3;;/q;;;;;2*+2/p-4. The van der Waals surface area contributed by atoms with Gasteiger partial charge in [-0.05, 0) is 11.1 Å². The van der Waals surface area contributed by atoms with E-state index in [1.165, 1.54) is 0 Å². The van der Waals surface area contributed by atoms with E-state index in [-0.39, 0.29) is 42.3 Å². The molecular weight excluding hydrogens is 558 g/mol. The Morgan fingerprint density at radius 2 is 0.818 bits per heavy atom. The van der Waals surface area contributed by atoms with Crippen LogP contribution in [0.25, 0.3) is 11.1 Å². The van der Waals surface area contributed by atoms with Gasteiger partial charge in [0.1, 0.15) is 0 Å². The zero-order chi connectivity index (χ0) is 17.1. The molecule has 2 aromatic carbocycles. The van der Waals surface area contributed by atoms with Crippen LogP contribution in [0.1, 0.15) is 0 Å². The quantitative estimate of drug-likeness (QED) is 0.361. The molecule has 0 spiro atoms. The van der Waals surface area contributed by atoms with Gasteiger partial charge in [0.15, 0.2) is 0 Å². The molecule has 0 bridgehead atoms. The summed E-state index contributed by atoms with van der Waals surface area (Å²) in [4.78, 5) is 12.0. The van der Waals surface area contributed by atoms with Crippen molar-refractivity contribution in [2.24, 2.45) is 0 Å². The molecule has 22 heavy (non-hydrogen) atoms.